The summed E-state index contributed by atoms with van der Waals surface area (Å²) in [6, 6.07) is 29.1. The van der Waals surface area contributed by atoms with Crippen LogP contribution in [-0.2, 0) is 39.0 Å². The van der Waals surface area contributed by atoms with Crippen molar-refractivity contribution in [2.24, 2.45) is 0 Å². The molecular formula is C34H36FN3O4S. The second-order valence-corrected chi connectivity index (χ2v) is 11.9. The zero-order valence-electron chi connectivity index (χ0n) is 24.3. The van der Waals surface area contributed by atoms with E-state index in [1.165, 1.54) is 23.1 Å². The lowest BCUT2D eigenvalue weighted by molar-refractivity contribution is -0.140. The van der Waals surface area contributed by atoms with Gasteiger partial charge in [0.15, 0.2) is 0 Å². The molecule has 0 aromatic heterocycles. The van der Waals surface area contributed by atoms with Crippen LogP contribution in [-0.4, -0.2) is 44.3 Å². The number of nitrogens with one attached hydrogen (secondary N) is 1. The highest BCUT2D eigenvalue weighted by atomic mass is 32.2. The number of halogens is 1. The van der Waals surface area contributed by atoms with Crippen LogP contribution in [0.5, 0.6) is 0 Å². The van der Waals surface area contributed by atoms with Crippen LogP contribution in [0, 0.1) is 5.82 Å². The van der Waals surface area contributed by atoms with E-state index in [0.29, 0.717) is 12.2 Å². The highest BCUT2D eigenvalue weighted by Crippen LogP contribution is 2.26. The van der Waals surface area contributed by atoms with Gasteiger partial charge in [-0.15, -0.1) is 0 Å². The lowest BCUT2D eigenvalue weighted by Crippen LogP contribution is -2.53. The Hall–Kier alpha value is -4.50. The molecular weight excluding hydrogens is 565 g/mol. The van der Waals surface area contributed by atoms with E-state index in [9.17, 15) is 22.4 Å². The second-order valence-electron chi connectivity index (χ2n) is 10.1. The number of rotatable bonds is 13. The number of likely N-dealkylation sites (N-methyl/N-ethyl adjacent to an activating group) is 1. The Bertz CT molecular complexity index is 1610. The first-order valence-corrected chi connectivity index (χ1v) is 15.7. The van der Waals surface area contributed by atoms with Crippen LogP contribution in [0.2, 0.25) is 0 Å². The average molecular weight is 602 g/mol. The third-order valence-electron chi connectivity index (χ3n) is 7.16. The van der Waals surface area contributed by atoms with Crippen molar-refractivity contribution in [3.63, 3.8) is 0 Å². The molecule has 2 amide bonds. The highest BCUT2D eigenvalue weighted by Gasteiger charge is 2.34. The van der Waals surface area contributed by atoms with Gasteiger partial charge in [-0.2, -0.15) is 0 Å². The van der Waals surface area contributed by atoms with Crippen LogP contribution in [0.25, 0.3) is 0 Å². The predicted octanol–water partition coefficient (Wildman–Crippen LogP) is 5.36. The Kier molecular flexibility index (Phi) is 10.7. The molecule has 0 aliphatic heterocycles. The van der Waals surface area contributed by atoms with Crippen molar-refractivity contribution < 1.29 is 22.4 Å². The first kappa shape index (κ1) is 31.4. The Morgan fingerprint density at radius 1 is 0.791 bits per heavy atom. The summed E-state index contributed by atoms with van der Waals surface area (Å²) < 4.78 is 43.9. The molecule has 0 unspecified atom stereocenters. The van der Waals surface area contributed by atoms with Crippen molar-refractivity contribution >= 4 is 27.5 Å². The minimum Gasteiger partial charge on any atom is -0.355 e. The van der Waals surface area contributed by atoms with Gasteiger partial charge >= 0.3 is 0 Å². The van der Waals surface area contributed by atoms with Crippen LogP contribution in [0.1, 0.15) is 30.5 Å². The molecule has 0 heterocycles. The summed E-state index contributed by atoms with van der Waals surface area (Å²) in [6.45, 7) is 3.26. The van der Waals surface area contributed by atoms with Crippen molar-refractivity contribution in [1.29, 1.82) is 0 Å². The Morgan fingerprint density at radius 3 is 2.00 bits per heavy atom. The molecule has 0 aliphatic carbocycles. The van der Waals surface area contributed by atoms with Crippen LogP contribution in [0.4, 0.5) is 10.1 Å². The molecule has 4 aromatic carbocycles. The summed E-state index contributed by atoms with van der Waals surface area (Å²) in [6.07, 6.45) is 0.915. The summed E-state index contributed by atoms with van der Waals surface area (Å²) in [7, 11) is -4.19. The third-order valence-corrected chi connectivity index (χ3v) is 8.95. The zero-order valence-corrected chi connectivity index (χ0v) is 25.1. The van der Waals surface area contributed by atoms with Crippen molar-refractivity contribution in [1.82, 2.24) is 10.2 Å². The van der Waals surface area contributed by atoms with Gasteiger partial charge in [-0.05, 0) is 54.8 Å². The Morgan fingerprint density at radius 2 is 1.40 bits per heavy atom. The zero-order chi connectivity index (χ0) is 30.8. The molecule has 1 N–H and O–H groups in total. The number of sulfonamides is 1. The fourth-order valence-electron chi connectivity index (χ4n) is 4.80. The van der Waals surface area contributed by atoms with Gasteiger partial charge in [0.05, 0.1) is 10.6 Å². The van der Waals surface area contributed by atoms with Crippen molar-refractivity contribution in [2.45, 2.75) is 44.2 Å². The highest BCUT2D eigenvalue weighted by molar-refractivity contribution is 7.92. The van der Waals surface area contributed by atoms with Crippen LogP contribution in [0.3, 0.4) is 0 Å². The topological polar surface area (TPSA) is 86.8 Å². The number of anilines is 1. The van der Waals surface area contributed by atoms with E-state index >= 15 is 0 Å². The molecule has 0 spiro atoms. The number of amides is 2. The summed E-state index contributed by atoms with van der Waals surface area (Å²) >= 11 is 0. The Balaban J connectivity index is 1.79. The molecule has 0 fully saturated rings. The number of carbonyl (C=O) groups excluding carboxylic acids is 2. The molecule has 0 aliphatic rings. The van der Waals surface area contributed by atoms with E-state index < -0.39 is 40.2 Å². The van der Waals surface area contributed by atoms with Gasteiger partial charge in [0, 0.05) is 25.1 Å². The van der Waals surface area contributed by atoms with E-state index in [2.05, 4.69) is 5.32 Å². The summed E-state index contributed by atoms with van der Waals surface area (Å²) in [5, 5.41) is 2.80. The molecule has 4 rings (SSSR count). The maximum Gasteiger partial charge on any atom is 0.264 e. The quantitative estimate of drug-likeness (QED) is 0.224. The molecule has 1 atom stereocenters. The lowest BCUT2D eigenvalue weighted by Gasteiger charge is -2.34. The van der Waals surface area contributed by atoms with Crippen LogP contribution >= 0.6 is 0 Å². The lowest BCUT2D eigenvalue weighted by atomic mass is 10.0. The SMILES string of the molecule is CCNC(=O)[C@@H](Cc1ccccc1)N(Cc1ccccc1F)C(=O)CN(c1ccc(CC)cc1)S(=O)(=O)c1ccccc1. The minimum atomic E-state index is -4.19. The van der Waals surface area contributed by atoms with E-state index in [4.69, 9.17) is 0 Å². The molecule has 4 aromatic rings. The maximum absolute atomic E-state index is 14.9. The van der Waals surface area contributed by atoms with E-state index in [-0.39, 0.29) is 23.4 Å². The summed E-state index contributed by atoms with van der Waals surface area (Å²) in [5.74, 6) is -1.59. The van der Waals surface area contributed by atoms with Gasteiger partial charge in [0.1, 0.15) is 18.4 Å². The van der Waals surface area contributed by atoms with Gasteiger partial charge in [-0.1, -0.05) is 85.8 Å². The molecule has 0 bridgehead atoms. The van der Waals surface area contributed by atoms with Gasteiger partial charge in [-0.25, -0.2) is 12.8 Å². The van der Waals surface area contributed by atoms with Gasteiger partial charge in [0.25, 0.3) is 10.0 Å². The second kappa shape index (κ2) is 14.6. The van der Waals surface area contributed by atoms with E-state index in [1.54, 1.807) is 55.5 Å². The molecule has 43 heavy (non-hydrogen) atoms. The fourth-order valence-corrected chi connectivity index (χ4v) is 6.24. The molecule has 9 heteroatoms. The third kappa shape index (κ3) is 7.87. The monoisotopic (exact) mass is 601 g/mol. The smallest absolute Gasteiger partial charge is 0.264 e. The number of nitrogens with zero attached hydrogens (tertiary/aromatic N) is 2. The number of aryl methyl sites for hydroxylation is 1. The molecule has 0 radical (unpaired) electrons. The van der Waals surface area contributed by atoms with Crippen LogP contribution < -0.4 is 9.62 Å². The Labute approximate surface area is 253 Å². The number of carbonyl (C=O) groups is 2. The van der Waals surface area contributed by atoms with E-state index in [1.807, 2.05) is 49.4 Å². The average Bonchev–Trinajstić information content (AvgIpc) is 3.03. The molecule has 224 valence electrons. The first-order valence-electron chi connectivity index (χ1n) is 14.3. The van der Waals surface area contributed by atoms with Crippen LogP contribution in [0.15, 0.2) is 114 Å². The standard InChI is InChI=1S/C34H36FN3O4S/c1-3-26-19-21-29(22-20-26)38(43(41,42)30-16-9-6-10-17-30)25-33(39)37(24-28-15-11-12-18-31(28)35)32(34(40)36-4-2)23-27-13-7-5-8-14-27/h5-22,32H,3-4,23-25H2,1-2H3,(H,36,40)/t32-/m1/s1. The molecule has 0 saturated carbocycles. The summed E-state index contributed by atoms with van der Waals surface area (Å²) in [4.78, 5) is 29.1. The molecule has 0 saturated heterocycles. The number of benzene rings is 4. The number of hydrogen-bond donors (Lipinski definition) is 1. The normalized spacial score (nSPS) is 11.9. The summed E-state index contributed by atoms with van der Waals surface area (Å²) in [5.41, 5.74) is 2.32. The number of hydrogen-bond acceptors (Lipinski definition) is 4. The maximum atomic E-state index is 14.9. The van der Waals surface area contributed by atoms with Crippen molar-refractivity contribution in [2.75, 3.05) is 17.4 Å². The van der Waals surface area contributed by atoms with Gasteiger partial charge in [-0.3, -0.25) is 13.9 Å². The molecule has 7 nitrogen and oxygen atoms in total. The van der Waals surface area contributed by atoms with E-state index in [0.717, 1.165) is 21.9 Å². The largest absolute Gasteiger partial charge is 0.355 e. The fraction of sp³-hybridized carbons (Fsp3) is 0.235. The minimum absolute atomic E-state index is 0.0209. The first-order chi connectivity index (χ1) is 20.7. The van der Waals surface area contributed by atoms with Gasteiger partial charge in [0.2, 0.25) is 11.8 Å². The predicted molar refractivity (Wildman–Crippen MR) is 166 cm³/mol. The van der Waals surface area contributed by atoms with Gasteiger partial charge < -0.3 is 10.2 Å². The van der Waals surface area contributed by atoms with Crippen molar-refractivity contribution in [3.8, 4) is 0 Å². The van der Waals surface area contributed by atoms with Crippen molar-refractivity contribution in [3.05, 3.63) is 132 Å².